The van der Waals surface area contributed by atoms with Crippen LogP contribution in [0.1, 0.15) is 0 Å². The summed E-state index contributed by atoms with van der Waals surface area (Å²) in [6, 6.07) is 6.65. The van der Waals surface area contributed by atoms with Crippen LogP contribution in [-0.2, 0) is 4.79 Å². The molecule has 1 unspecified atom stereocenters. The molecule has 2 N–H and O–H groups in total. The highest BCUT2D eigenvalue weighted by molar-refractivity contribution is 6.30. The summed E-state index contributed by atoms with van der Waals surface area (Å²) in [5, 5.41) is 12.6. The van der Waals surface area contributed by atoms with E-state index in [-0.39, 0.29) is 12.5 Å². The lowest BCUT2D eigenvalue weighted by atomic mass is 10.2. The molecule has 1 fully saturated rings. The van der Waals surface area contributed by atoms with Crippen molar-refractivity contribution in [2.75, 3.05) is 24.6 Å². The van der Waals surface area contributed by atoms with Crippen molar-refractivity contribution in [1.82, 2.24) is 5.32 Å². The molecule has 4 nitrogen and oxygen atoms in total. The number of hydrogen-bond donors (Lipinski definition) is 2. The highest BCUT2D eigenvalue weighted by Crippen LogP contribution is 2.21. The maximum Gasteiger partial charge on any atom is 0.246 e. The number of nitrogens with one attached hydrogen (secondary N) is 1. The number of hydrogen-bond acceptors (Lipinski definition) is 3. The molecule has 5 heteroatoms. The van der Waals surface area contributed by atoms with E-state index in [1.165, 1.54) is 0 Å². The van der Waals surface area contributed by atoms with E-state index < -0.39 is 6.04 Å². The van der Waals surface area contributed by atoms with Crippen molar-refractivity contribution in [3.05, 3.63) is 29.3 Å². The molecule has 1 aliphatic heterocycles. The Hall–Kier alpha value is -1.10. The van der Waals surface area contributed by atoms with E-state index in [4.69, 9.17) is 16.7 Å². The summed E-state index contributed by atoms with van der Waals surface area (Å²) in [5.74, 6) is -0.115. The zero-order valence-corrected chi connectivity index (χ0v) is 9.44. The van der Waals surface area contributed by atoms with E-state index in [1.807, 2.05) is 6.07 Å². The van der Waals surface area contributed by atoms with Crippen molar-refractivity contribution in [3.63, 3.8) is 0 Å². The molecule has 0 saturated carbocycles. The van der Waals surface area contributed by atoms with Crippen LogP contribution in [0.5, 0.6) is 0 Å². The number of aliphatic hydroxyl groups excluding tert-OH is 1. The number of halogens is 1. The molecule has 1 atom stereocenters. The number of piperazine rings is 1. The van der Waals surface area contributed by atoms with Gasteiger partial charge in [0.25, 0.3) is 0 Å². The standard InChI is InChI=1S/C11H13ClN2O2/c12-8-2-1-3-9(6-8)14-5-4-13-10(7-15)11(14)16/h1-3,6,10,13,15H,4-5,7H2. The van der Waals surface area contributed by atoms with Crippen molar-refractivity contribution < 1.29 is 9.90 Å². The minimum Gasteiger partial charge on any atom is -0.394 e. The van der Waals surface area contributed by atoms with Gasteiger partial charge in [-0.15, -0.1) is 0 Å². The minimum atomic E-state index is -0.507. The van der Waals surface area contributed by atoms with Gasteiger partial charge in [0.1, 0.15) is 6.04 Å². The van der Waals surface area contributed by atoms with Crippen molar-refractivity contribution in [1.29, 1.82) is 0 Å². The number of rotatable bonds is 2. The largest absolute Gasteiger partial charge is 0.394 e. The summed E-state index contributed by atoms with van der Waals surface area (Å²) in [4.78, 5) is 13.6. The second-order valence-corrected chi connectivity index (χ2v) is 4.10. The molecule has 1 amide bonds. The van der Waals surface area contributed by atoms with Gasteiger partial charge in [-0.2, -0.15) is 0 Å². The minimum absolute atomic E-state index is 0.115. The molecule has 0 radical (unpaired) electrons. The Bertz CT molecular complexity index is 397. The third-order valence-electron chi connectivity index (χ3n) is 2.59. The first-order valence-electron chi connectivity index (χ1n) is 5.13. The number of aliphatic hydroxyl groups is 1. The number of carbonyl (C=O) groups is 1. The predicted molar refractivity (Wildman–Crippen MR) is 62.7 cm³/mol. The number of nitrogens with zero attached hydrogens (tertiary/aromatic N) is 1. The Kier molecular flexibility index (Phi) is 3.43. The van der Waals surface area contributed by atoms with Crippen molar-refractivity contribution >= 4 is 23.2 Å². The molecule has 1 saturated heterocycles. The highest BCUT2D eigenvalue weighted by atomic mass is 35.5. The molecule has 2 rings (SSSR count). The van der Waals surface area contributed by atoms with Crippen LogP contribution in [-0.4, -0.2) is 36.8 Å². The molecular formula is C11H13ClN2O2. The maximum absolute atomic E-state index is 11.9. The Labute approximate surface area is 98.8 Å². The van der Waals surface area contributed by atoms with Crippen molar-refractivity contribution in [2.24, 2.45) is 0 Å². The molecular weight excluding hydrogens is 228 g/mol. The average molecular weight is 241 g/mol. The van der Waals surface area contributed by atoms with Gasteiger partial charge in [-0.3, -0.25) is 4.79 Å². The van der Waals surface area contributed by atoms with Crippen LogP contribution in [0.15, 0.2) is 24.3 Å². The number of carbonyl (C=O) groups excluding carboxylic acids is 1. The second kappa shape index (κ2) is 4.82. The van der Waals surface area contributed by atoms with Crippen LogP contribution in [0.2, 0.25) is 5.02 Å². The fourth-order valence-corrected chi connectivity index (χ4v) is 1.96. The first kappa shape index (κ1) is 11.4. The summed E-state index contributed by atoms with van der Waals surface area (Å²) in [5.41, 5.74) is 0.775. The fraction of sp³-hybridized carbons (Fsp3) is 0.364. The highest BCUT2D eigenvalue weighted by Gasteiger charge is 2.28. The van der Waals surface area contributed by atoms with Gasteiger partial charge in [0.05, 0.1) is 6.61 Å². The van der Waals surface area contributed by atoms with Gasteiger partial charge in [0.15, 0.2) is 0 Å². The average Bonchev–Trinajstić information content (AvgIpc) is 2.29. The predicted octanol–water partition coefficient (Wildman–Crippen LogP) is 0.637. The van der Waals surface area contributed by atoms with E-state index in [1.54, 1.807) is 23.1 Å². The lowest BCUT2D eigenvalue weighted by molar-refractivity contribution is -0.122. The van der Waals surface area contributed by atoms with Crippen LogP contribution in [0.25, 0.3) is 0 Å². The van der Waals surface area contributed by atoms with Crippen LogP contribution in [0.3, 0.4) is 0 Å². The van der Waals surface area contributed by atoms with Crippen molar-refractivity contribution in [3.8, 4) is 0 Å². The van der Waals surface area contributed by atoms with Crippen molar-refractivity contribution in [2.45, 2.75) is 6.04 Å². The van der Waals surface area contributed by atoms with Crippen LogP contribution in [0, 0.1) is 0 Å². The van der Waals surface area contributed by atoms with Crippen LogP contribution < -0.4 is 10.2 Å². The number of amides is 1. The quantitative estimate of drug-likeness (QED) is 0.798. The van der Waals surface area contributed by atoms with E-state index in [9.17, 15) is 4.79 Å². The summed E-state index contributed by atoms with van der Waals surface area (Å²) in [6.45, 7) is 1.08. The SMILES string of the molecule is O=C1C(CO)NCCN1c1cccc(Cl)c1. The lowest BCUT2D eigenvalue weighted by Gasteiger charge is -2.32. The zero-order chi connectivity index (χ0) is 11.5. The van der Waals surface area contributed by atoms with Crippen LogP contribution in [0.4, 0.5) is 5.69 Å². The number of benzene rings is 1. The first-order valence-corrected chi connectivity index (χ1v) is 5.51. The van der Waals surface area contributed by atoms with Gasteiger partial charge in [-0.1, -0.05) is 17.7 Å². The lowest BCUT2D eigenvalue weighted by Crippen LogP contribution is -2.56. The molecule has 0 aromatic heterocycles. The van der Waals surface area contributed by atoms with Gasteiger partial charge >= 0.3 is 0 Å². The van der Waals surface area contributed by atoms with Crippen LogP contribution >= 0.6 is 11.6 Å². The second-order valence-electron chi connectivity index (χ2n) is 3.66. The van der Waals surface area contributed by atoms with Gasteiger partial charge in [-0.25, -0.2) is 0 Å². The smallest absolute Gasteiger partial charge is 0.246 e. The molecule has 1 aromatic carbocycles. The molecule has 0 bridgehead atoms. The van der Waals surface area contributed by atoms with Gasteiger partial charge in [0, 0.05) is 23.8 Å². The molecule has 16 heavy (non-hydrogen) atoms. The topological polar surface area (TPSA) is 52.6 Å². The van der Waals surface area contributed by atoms with Gasteiger partial charge in [-0.05, 0) is 18.2 Å². The van der Waals surface area contributed by atoms with Gasteiger partial charge < -0.3 is 15.3 Å². The summed E-state index contributed by atoms with van der Waals surface area (Å²) in [7, 11) is 0. The third-order valence-corrected chi connectivity index (χ3v) is 2.83. The Morgan fingerprint density at radius 3 is 3.06 bits per heavy atom. The Morgan fingerprint density at radius 1 is 1.56 bits per heavy atom. The summed E-state index contributed by atoms with van der Waals surface area (Å²) in [6.07, 6.45) is 0. The molecule has 0 spiro atoms. The first-order chi connectivity index (χ1) is 7.72. The normalized spacial score (nSPS) is 21.2. The molecule has 1 heterocycles. The maximum atomic E-state index is 11.9. The van der Waals surface area contributed by atoms with Gasteiger partial charge in [0.2, 0.25) is 5.91 Å². The fourth-order valence-electron chi connectivity index (χ4n) is 1.78. The summed E-state index contributed by atoms with van der Waals surface area (Å²) >= 11 is 5.88. The summed E-state index contributed by atoms with van der Waals surface area (Å²) < 4.78 is 0. The molecule has 0 aliphatic carbocycles. The molecule has 86 valence electrons. The number of anilines is 1. The molecule has 1 aliphatic rings. The molecule has 1 aromatic rings. The van der Waals surface area contributed by atoms with E-state index in [0.717, 1.165) is 5.69 Å². The van der Waals surface area contributed by atoms with E-state index >= 15 is 0 Å². The monoisotopic (exact) mass is 240 g/mol. The van der Waals surface area contributed by atoms with E-state index in [2.05, 4.69) is 5.32 Å². The van der Waals surface area contributed by atoms with E-state index in [0.29, 0.717) is 18.1 Å². The third kappa shape index (κ3) is 2.19. The zero-order valence-electron chi connectivity index (χ0n) is 8.69. The Morgan fingerprint density at radius 2 is 2.38 bits per heavy atom. The Balaban J connectivity index is 2.23.